The molecule has 3 nitrogen and oxygen atoms in total. The van der Waals surface area contributed by atoms with Gasteiger partial charge >= 0.3 is 0 Å². The number of carbonyl (C=O) groups excluding carboxylic acids is 1. The highest BCUT2D eigenvalue weighted by atomic mass is 16.1. The molecule has 2 unspecified atom stereocenters. The third-order valence-corrected chi connectivity index (χ3v) is 6.97. The smallest absolute Gasteiger partial charge is 0.162 e. The van der Waals surface area contributed by atoms with Gasteiger partial charge in [-0.25, -0.2) is 0 Å². The highest BCUT2D eigenvalue weighted by molar-refractivity contribution is 6.04. The van der Waals surface area contributed by atoms with Crippen molar-refractivity contribution in [2.24, 2.45) is 0 Å². The van der Waals surface area contributed by atoms with Crippen LogP contribution in [0.5, 0.6) is 0 Å². The molecule has 6 rings (SSSR count). The Bertz CT molecular complexity index is 1390. The number of hydrogen-bond acceptors (Lipinski definition) is 3. The molecule has 156 valence electrons. The summed E-state index contributed by atoms with van der Waals surface area (Å²) in [6.07, 6.45) is 3.22. The third-order valence-electron chi connectivity index (χ3n) is 6.97. The fraction of sp³-hybridized carbons (Fsp3) is 0.172. The molecule has 2 aliphatic rings. The Kier molecular flexibility index (Phi) is 4.43. The number of benzene rings is 3. The first-order valence-electron chi connectivity index (χ1n) is 11.2. The predicted molar refractivity (Wildman–Crippen MR) is 129 cm³/mol. The van der Waals surface area contributed by atoms with Crippen molar-refractivity contribution in [1.29, 1.82) is 0 Å². The predicted octanol–water partition coefficient (Wildman–Crippen LogP) is 6.50. The molecule has 4 aromatic rings. The fourth-order valence-electron chi connectivity index (χ4n) is 5.47. The van der Waals surface area contributed by atoms with Gasteiger partial charge in [0.05, 0.1) is 5.52 Å². The normalized spacial score (nSPS) is 20.0. The maximum Gasteiger partial charge on any atom is 0.162 e. The molecule has 1 aliphatic carbocycles. The van der Waals surface area contributed by atoms with Gasteiger partial charge in [-0.2, -0.15) is 0 Å². The summed E-state index contributed by atoms with van der Waals surface area (Å²) in [4.78, 5) is 18.3. The van der Waals surface area contributed by atoms with Crippen molar-refractivity contribution < 1.29 is 4.79 Å². The van der Waals surface area contributed by atoms with Crippen LogP contribution in [0.15, 0.2) is 96.3 Å². The number of nitrogens with one attached hydrogen (secondary N) is 1. The van der Waals surface area contributed by atoms with Crippen LogP contribution in [-0.4, -0.2) is 10.8 Å². The third kappa shape index (κ3) is 2.96. The maximum absolute atomic E-state index is 13.7. The van der Waals surface area contributed by atoms with E-state index in [4.69, 9.17) is 0 Å². The number of aromatic nitrogens is 1. The lowest BCUT2D eigenvalue weighted by molar-refractivity contribution is -0.116. The molecule has 0 bridgehead atoms. The van der Waals surface area contributed by atoms with Crippen molar-refractivity contribution in [3.63, 3.8) is 0 Å². The van der Waals surface area contributed by atoms with Gasteiger partial charge in [0.25, 0.3) is 0 Å². The van der Waals surface area contributed by atoms with Crippen LogP contribution in [0.4, 0.5) is 5.69 Å². The number of aryl methyl sites for hydroxylation is 1. The summed E-state index contributed by atoms with van der Waals surface area (Å²) >= 11 is 0. The van der Waals surface area contributed by atoms with Gasteiger partial charge < -0.3 is 5.32 Å². The van der Waals surface area contributed by atoms with Gasteiger partial charge in [-0.05, 0) is 59.7 Å². The number of pyridine rings is 1. The molecular weight excluding hydrogens is 392 g/mol. The second-order valence-corrected chi connectivity index (χ2v) is 8.84. The lowest BCUT2D eigenvalue weighted by Gasteiger charge is -2.37. The van der Waals surface area contributed by atoms with E-state index in [1.165, 1.54) is 16.7 Å². The fourth-order valence-corrected chi connectivity index (χ4v) is 5.47. The molecule has 2 heterocycles. The largest absolute Gasteiger partial charge is 0.358 e. The molecule has 1 aromatic heterocycles. The van der Waals surface area contributed by atoms with Gasteiger partial charge in [0.2, 0.25) is 0 Å². The summed E-state index contributed by atoms with van der Waals surface area (Å²) in [6, 6.07) is 27.2. The van der Waals surface area contributed by atoms with Crippen molar-refractivity contribution in [3.05, 3.63) is 119 Å². The van der Waals surface area contributed by atoms with E-state index in [-0.39, 0.29) is 17.6 Å². The van der Waals surface area contributed by atoms with E-state index >= 15 is 0 Å². The van der Waals surface area contributed by atoms with Crippen LogP contribution >= 0.6 is 0 Å². The number of Topliss-reactive ketones (excluding diaryl/α,β-unsaturated/α-hetero) is 1. The van der Waals surface area contributed by atoms with Gasteiger partial charge in [0.1, 0.15) is 0 Å². The molecular formula is C29H24N2O. The van der Waals surface area contributed by atoms with E-state index in [0.29, 0.717) is 6.42 Å². The molecule has 3 aromatic carbocycles. The van der Waals surface area contributed by atoms with Crippen molar-refractivity contribution in [2.75, 3.05) is 5.32 Å². The van der Waals surface area contributed by atoms with Gasteiger partial charge in [-0.1, -0.05) is 60.7 Å². The number of nitrogens with zero attached hydrogens (tertiary/aromatic N) is 1. The average molecular weight is 417 g/mol. The Morgan fingerprint density at radius 1 is 0.875 bits per heavy atom. The molecule has 32 heavy (non-hydrogen) atoms. The number of allylic oxidation sites excluding steroid dienone is 2. The van der Waals surface area contributed by atoms with Crippen LogP contribution in [0.25, 0.3) is 10.9 Å². The first-order chi connectivity index (χ1) is 15.7. The van der Waals surface area contributed by atoms with Crippen LogP contribution < -0.4 is 5.32 Å². The molecule has 0 spiro atoms. The number of fused-ring (bicyclic) bond motifs is 3. The minimum Gasteiger partial charge on any atom is -0.358 e. The summed E-state index contributed by atoms with van der Waals surface area (Å²) in [6.45, 7) is 2.14. The van der Waals surface area contributed by atoms with Gasteiger partial charge in [0.15, 0.2) is 5.78 Å². The molecule has 1 aliphatic heterocycles. The SMILES string of the molecule is Cc1ccccc1C1C2=C(CC(c3ccccc3)CC2=O)Nc2ccc3ncccc3c21. The highest BCUT2D eigenvalue weighted by Gasteiger charge is 2.39. The summed E-state index contributed by atoms with van der Waals surface area (Å²) in [5, 5.41) is 4.78. The second-order valence-electron chi connectivity index (χ2n) is 8.84. The Morgan fingerprint density at radius 2 is 1.69 bits per heavy atom. The topological polar surface area (TPSA) is 42.0 Å². The van der Waals surface area contributed by atoms with Gasteiger partial charge in [-0.15, -0.1) is 0 Å². The molecule has 3 heteroatoms. The Balaban J connectivity index is 1.58. The van der Waals surface area contributed by atoms with Crippen LogP contribution in [-0.2, 0) is 4.79 Å². The van der Waals surface area contributed by atoms with Crippen LogP contribution in [0, 0.1) is 6.92 Å². The molecule has 2 atom stereocenters. The molecule has 0 saturated carbocycles. The molecule has 0 radical (unpaired) electrons. The lowest BCUT2D eigenvalue weighted by Crippen LogP contribution is -2.30. The summed E-state index contributed by atoms with van der Waals surface area (Å²) in [5.74, 6) is 0.364. The Labute approximate surface area is 187 Å². The quantitative estimate of drug-likeness (QED) is 0.405. The summed E-state index contributed by atoms with van der Waals surface area (Å²) < 4.78 is 0. The van der Waals surface area contributed by atoms with Crippen molar-refractivity contribution >= 4 is 22.4 Å². The second kappa shape index (κ2) is 7.45. The first-order valence-corrected chi connectivity index (χ1v) is 11.2. The van der Waals surface area contributed by atoms with Gasteiger partial charge in [-0.3, -0.25) is 9.78 Å². The first kappa shape index (κ1) is 19.0. The van der Waals surface area contributed by atoms with Crippen LogP contribution in [0.2, 0.25) is 0 Å². The number of carbonyl (C=O) groups is 1. The van der Waals surface area contributed by atoms with Crippen LogP contribution in [0.3, 0.4) is 0 Å². The van der Waals surface area contributed by atoms with Crippen molar-refractivity contribution in [3.8, 4) is 0 Å². The lowest BCUT2D eigenvalue weighted by atomic mass is 9.70. The zero-order chi connectivity index (χ0) is 21.7. The van der Waals surface area contributed by atoms with E-state index in [9.17, 15) is 4.79 Å². The maximum atomic E-state index is 13.7. The monoisotopic (exact) mass is 416 g/mol. The molecule has 0 fully saturated rings. The number of anilines is 1. The zero-order valence-corrected chi connectivity index (χ0v) is 18.0. The van der Waals surface area contributed by atoms with Crippen LogP contribution in [0.1, 0.15) is 46.9 Å². The summed E-state index contributed by atoms with van der Waals surface area (Å²) in [7, 11) is 0. The Hall–Kier alpha value is -3.72. The van der Waals surface area contributed by atoms with E-state index in [2.05, 4.69) is 84.0 Å². The minimum absolute atomic E-state index is 0.0837. The number of ketones is 1. The zero-order valence-electron chi connectivity index (χ0n) is 18.0. The average Bonchev–Trinajstić information content (AvgIpc) is 2.83. The highest BCUT2D eigenvalue weighted by Crippen LogP contribution is 2.50. The van der Waals surface area contributed by atoms with E-state index in [0.717, 1.165) is 39.8 Å². The summed E-state index contributed by atoms with van der Waals surface area (Å²) in [5.41, 5.74) is 8.83. The number of rotatable bonds is 2. The minimum atomic E-state index is -0.0837. The standard InChI is InChI=1S/C29H24N2O/c1-18-8-5-6-11-21(18)28-27-22-12-7-15-30-23(22)13-14-24(27)31-25-16-20(17-26(32)29(25)28)19-9-3-2-4-10-19/h2-15,20,28,31H,16-17H2,1H3. The molecule has 0 amide bonds. The van der Waals surface area contributed by atoms with E-state index < -0.39 is 0 Å². The van der Waals surface area contributed by atoms with Crippen molar-refractivity contribution in [2.45, 2.75) is 31.6 Å². The van der Waals surface area contributed by atoms with Gasteiger partial charge in [0, 0.05) is 40.9 Å². The van der Waals surface area contributed by atoms with E-state index in [1.54, 1.807) is 0 Å². The Morgan fingerprint density at radius 3 is 2.53 bits per heavy atom. The molecule has 1 N–H and O–H groups in total. The van der Waals surface area contributed by atoms with E-state index in [1.807, 2.05) is 18.3 Å². The molecule has 0 saturated heterocycles. The number of hydrogen-bond donors (Lipinski definition) is 1. The van der Waals surface area contributed by atoms with Crippen molar-refractivity contribution in [1.82, 2.24) is 4.98 Å².